The molecule has 1 heterocycles. The lowest BCUT2D eigenvalue weighted by Gasteiger charge is -2.36. The minimum atomic E-state index is -3.44. The van der Waals surface area contributed by atoms with Crippen LogP contribution in [0.2, 0.25) is 0 Å². The highest BCUT2D eigenvalue weighted by atomic mass is 32.2. The Hall–Kier alpha value is -0.390. The molecular formula is C10H15NO3S. The molecule has 5 heteroatoms. The third-order valence-corrected chi connectivity index (χ3v) is 6.51. The van der Waals surface area contributed by atoms with Gasteiger partial charge in [0.1, 0.15) is 0 Å². The Balaban J connectivity index is 2.19. The first-order chi connectivity index (χ1) is 6.81. The maximum atomic E-state index is 11.7. The Bertz CT molecular complexity index is 465. The highest BCUT2D eigenvalue weighted by molar-refractivity contribution is 7.89. The molecule has 2 unspecified atom stereocenters. The van der Waals surface area contributed by atoms with Gasteiger partial charge in [0.25, 0.3) is 0 Å². The first kappa shape index (κ1) is 9.81. The van der Waals surface area contributed by atoms with E-state index in [1.165, 1.54) is 5.57 Å². The molecule has 2 bridgehead atoms. The summed E-state index contributed by atoms with van der Waals surface area (Å²) < 4.78 is 24.0. The number of rotatable bonds is 0. The number of hydrogen-bond acceptors (Lipinski definition) is 3. The molecule has 2 aliphatic carbocycles. The van der Waals surface area contributed by atoms with Crippen LogP contribution in [-0.4, -0.2) is 29.9 Å². The Labute approximate surface area is 89.6 Å². The number of fused-ring (bicyclic) bond motifs is 1. The zero-order valence-corrected chi connectivity index (χ0v) is 9.71. The first-order valence-electron chi connectivity index (χ1n) is 5.22. The van der Waals surface area contributed by atoms with Gasteiger partial charge in [0, 0.05) is 5.41 Å². The van der Waals surface area contributed by atoms with E-state index in [4.69, 9.17) is 0 Å². The lowest BCUT2D eigenvalue weighted by atomic mass is 9.69. The van der Waals surface area contributed by atoms with E-state index in [9.17, 15) is 13.6 Å². The van der Waals surface area contributed by atoms with Crippen molar-refractivity contribution in [1.82, 2.24) is 4.47 Å². The van der Waals surface area contributed by atoms with Gasteiger partial charge in [0.05, 0.1) is 11.8 Å². The van der Waals surface area contributed by atoms with E-state index in [0.717, 1.165) is 6.42 Å². The lowest BCUT2D eigenvalue weighted by Crippen LogP contribution is -2.40. The topological polar surface area (TPSA) is 57.6 Å². The van der Waals surface area contributed by atoms with Crippen molar-refractivity contribution in [2.75, 3.05) is 5.75 Å². The molecule has 3 rings (SSSR count). The molecule has 15 heavy (non-hydrogen) atoms. The third kappa shape index (κ3) is 0.844. The summed E-state index contributed by atoms with van der Waals surface area (Å²) in [4.78, 5) is 0. The summed E-state index contributed by atoms with van der Waals surface area (Å²) in [7, 11) is -3.44. The second-order valence-corrected chi connectivity index (χ2v) is 7.29. The van der Waals surface area contributed by atoms with E-state index >= 15 is 0 Å². The van der Waals surface area contributed by atoms with Gasteiger partial charge in [-0.25, -0.2) is 8.42 Å². The fraction of sp³-hybridized carbons (Fsp3) is 0.800. The Kier molecular flexibility index (Phi) is 1.51. The largest absolute Gasteiger partial charge is 0.299 e. The minimum absolute atomic E-state index is 0.0811. The fourth-order valence-corrected chi connectivity index (χ4v) is 5.76. The monoisotopic (exact) mass is 229 g/mol. The summed E-state index contributed by atoms with van der Waals surface area (Å²) in [6.45, 7) is 4.20. The van der Waals surface area contributed by atoms with Crippen LogP contribution in [0.25, 0.3) is 0 Å². The van der Waals surface area contributed by atoms with Crippen LogP contribution in [0.5, 0.6) is 0 Å². The predicted octanol–water partition coefficient (Wildman–Crippen LogP) is 1.14. The van der Waals surface area contributed by atoms with Crippen LogP contribution in [0.4, 0.5) is 0 Å². The van der Waals surface area contributed by atoms with Gasteiger partial charge in [-0.05, 0) is 18.3 Å². The maximum absolute atomic E-state index is 11.7. The number of allylic oxidation sites excluding steroid dienone is 1. The van der Waals surface area contributed by atoms with Gasteiger partial charge in [0.15, 0.2) is 0 Å². The predicted molar refractivity (Wildman–Crippen MR) is 54.7 cm³/mol. The molecule has 1 aliphatic heterocycles. The molecule has 4 nitrogen and oxygen atoms in total. The Morgan fingerprint density at radius 1 is 1.53 bits per heavy atom. The molecule has 2 fully saturated rings. The smallest absolute Gasteiger partial charge is 0.236 e. The summed E-state index contributed by atoms with van der Waals surface area (Å²) >= 11 is 0. The summed E-state index contributed by atoms with van der Waals surface area (Å²) in [5.41, 5.74) is 0.944. The molecule has 0 aromatic rings. The summed E-state index contributed by atoms with van der Waals surface area (Å²) in [6, 6.07) is -0.225. The van der Waals surface area contributed by atoms with Crippen LogP contribution in [0.1, 0.15) is 26.7 Å². The van der Waals surface area contributed by atoms with Gasteiger partial charge < -0.3 is 0 Å². The van der Waals surface area contributed by atoms with E-state index < -0.39 is 10.0 Å². The van der Waals surface area contributed by atoms with E-state index in [2.05, 4.69) is 19.9 Å². The molecule has 84 valence electrons. The van der Waals surface area contributed by atoms with Crippen LogP contribution in [0.15, 0.2) is 11.6 Å². The average molecular weight is 229 g/mol. The zero-order chi connectivity index (χ0) is 11.1. The third-order valence-electron chi connectivity index (χ3n) is 4.80. The first-order valence-corrected chi connectivity index (χ1v) is 6.83. The molecule has 1 spiro atoms. The van der Waals surface area contributed by atoms with E-state index in [0.29, 0.717) is 10.9 Å². The van der Waals surface area contributed by atoms with Gasteiger partial charge in [-0.2, -0.15) is 0 Å². The molecule has 0 radical (unpaired) electrons. The van der Waals surface area contributed by atoms with Gasteiger partial charge in [0.2, 0.25) is 10.0 Å². The van der Waals surface area contributed by atoms with Crippen molar-refractivity contribution in [2.24, 2.45) is 10.8 Å². The second kappa shape index (κ2) is 2.31. The van der Waals surface area contributed by atoms with E-state index in [-0.39, 0.29) is 22.6 Å². The molecule has 0 amide bonds. The normalized spacial score (nSPS) is 45.5. The fourth-order valence-electron chi connectivity index (χ4n) is 3.64. The number of hydroxylamine groups is 1. The Morgan fingerprint density at radius 2 is 2.20 bits per heavy atom. The average Bonchev–Trinajstić information content (AvgIpc) is 2.56. The van der Waals surface area contributed by atoms with Crippen LogP contribution in [0, 0.1) is 10.8 Å². The second-order valence-electron chi connectivity index (χ2n) is 5.46. The van der Waals surface area contributed by atoms with Gasteiger partial charge in [-0.1, -0.05) is 30.0 Å². The van der Waals surface area contributed by atoms with Gasteiger partial charge in [-0.3, -0.25) is 5.21 Å². The van der Waals surface area contributed by atoms with Crippen LogP contribution in [-0.2, 0) is 10.0 Å². The molecule has 2 atom stereocenters. The Morgan fingerprint density at radius 3 is 2.73 bits per heavy atom. The van der Waals surface area contributed by atoms with Gasteiger partial charge in [-0.15, -0.1) is 0 Å². The minimum Gasteiger partial charge on any atom is -0.299 e. The van der Waals surface area contributed by atoms with Crippen molar-refractivity contribution in [1.29, 1.82) is 0 Å². The zero-order valence-electron chi connectivity index (χ0n) is 8.90. The number of hydrogen-bond donors (Lipinski definition) is 1. The molecule has 0 aromatic heterocycles. The summed E-state index contributed by atoms with van der Waals surface area (Å²) in [5.74, 6) is 0.0914. The SMILES string of the molecule is CC1(C)C2=CCC13CS(=O)(=O)N(O)C3C2. The van der Waals surface area contributed by atoms with Crippen molar-refractivity contribution in [2.45, 2.75) is 32.7 Å². The lowest BCUT2D eigenvalue weighted by molar-refractivity contribution is -0.0612. The molecular weight excluding hydrogens is 214 g/mol. The summed E-state index contributed by atoms with van der Waals surface area (Å²) in [5, 5.41) is 9.69. The highest BCUT2D eigenvalue weighted by Gasteiger charge is 2.69. The van der Waals surface area contributed by atoms with Crippen molar-refractivity contribution >= 4 is 10.0 Å². The number of sulfonamides is 1. The van der Waals surface area contributed by atoms with Crippen molar-refractivity contribution in [3.8, 4) is 0 Å². The summed E-state index contributed by atoms with van der Waals surface area (Å²) in [6.07, 6.45) is 3.64. The van der Waals surface area contributed by atoms with Crippen molar-refractivity contribution in [3.63, 3.8) is 0 Å². The molecule has 1 N–H and O–H groups in total. The molecule has 3 aliphatic rings. The van der Waals surface area contributed by atoms with Crippen LogP contribution in [0.3, 0.4) is 0 Å². The quantitative estimate of drug-likeness (QED) is 0.634. The van der Waals surface area contributed by atoms with E-state index in [1.807, 2.05) is 0 Å². The molecule has 0 aromatic carbocycles. The van der Waals surface area contributed by atoms with Crippen molar-refractivity contribution in [3.05, 3.63) is 11.6 Å². The number of nitrogens with zero attached hydrogens (tertiary/aromatic N) is 1. The highest BCUT2D eigenvalue weighted by Crippen LogP contribution is 2.66. The molecule has 1 saturated carbocycles. The van der Waals surface area contributed by atoms with Crippen molar-refractivity contribution < 1.29 is 13.6 Å². The standard InChI is InChI=1S/C10H15NO3S/c1-9(2)7-3-4-10(9)6-15(13,14)11(12)8(10)5-7/h3,8,12H,4-6H2,1-2H3. The van der Waals surface area contributed by atoms with Crippen LogP contribution < -0.4 is 0 Å². The van der Waals surface area contributed by atoms with Crippen LogP contribution >= 0.6 is 0 Å². The molecule has 1 saturated heterocycles. The van der Waals surface area contributed by atoms with E-state index in [1.54, 1.807) is 0 Å². The maximum Gasteiger partial charge on any atom is 0.236 e. The van der Waals surface area contributed by atoms with Gasteiger partial charge >= 0.3 is 0 Å².